The maximum Gasteiger partial charge on any atom is 0.338 e. The summed E-state index contributed by atoms with van der Waals surface area (Å²) >= 11 is 0. The third-order valence-electron chi connectivity index (χ3n) is 24.0. The maximum absolute atomic E-state index is 15.0. The highest BCUT2D eigenvalue weighted by Gasteiger charge is 2.58. The van der Waals surface area contributed by atoms with E-state index in [9.17, 15) is 33.9 Å². The van der Waals surface area contributed by atoms with Crippen molar-refractivity contribution in [1.82, 2.24) is 0 Å². The fourth-order valence-electron chi connectivity index (χ4n) is 17.0. The Bertz CT molecular complexity index is 3500. The van der Waals surface area contributed by atoms with Crippen LogP contribution in [0.4, 0.5) is 0 Å². The fourth-order valence-corrected chi connectivity index (χ4v) is 21.6. The average Bonchev–Trinajstić information content (AvgIpc) is 0.742. The van der Waals surface area contributed by atoms with Crippen LogP contribution in [-0.2, 0) is 61.4 Å². The number of rotatable bonds is 65. The van der Waals surface area contributed by atoms with E-state index >= 15 is 0 Å². The highest BCUT2D eigenvalue weighted by Crippen LogP contribution is 2.40. The molecule has 1 N–H and O–H groups in total. The van der Waals surface area contributed by atoms with Crippen molar-refractivity contribution in [1.29, 1.82) is 0 Å². The van der Waals surface area contributed by atoms with Crippen LogP contribution in [0.25, 0.3) is 0 Å². The largest absolute Gasteiger partial charge is 0.455 e. The lowest BCUT2D eigenvalue weighted by Crippen LogP contribution is -2.69. The van der Waals surface area contributed by atoms with E-state index in [0.717, 1.165) is 87.4 Å². The van der Waals surface area contributed by atoms with Gasteiger partial charge in [-0.05, 0) is 71.1 Å². The minimum absolute atomic E-state index is 0.00665. The molecule has 18 heteroatoms. The number of aliphatic hydroxyl groups is 1. The molecule has 2 heterocycles. The van der Waals surface area contributed by atoms with Crippen LogP contribution in [0.3, 0.4) is 0 Å². The van der Waals surface area contributed by atoms with Crippen molar-refractivity contribution in [3.8, 4) is 0 Å². The molecule has 0 spiro atoms. The van der Waals surface area contributed by atoms with E-state index in [2.05, 4.69) is 41.5 Å². The molecule has 0 aliphatic carbocycles. The molecule has 5 aromatic rings. The molecule has 7 rings (SSSR count). The molecule has 0 unspecified atom stereocenters. The zero-order valence-electron chi connectivity index (χ0n) is 75.0. The number of carbonyl (C=O) groups excluding carboxylic acids is 6. The summed E-state index contributed by atoms with van der Waals surface area (Å²) in [7, 11) is -3.51. The number of aliphatic hydroxyl groups excluding tert-OH is 1. The number of hydrogen-bond acceptors (Lipinski definition) is 17. The van der Waals surface area contributed by atoms with Crippen LogP contribution in [0.15, 0.2) is 152 Å². The van der Waals surface area contributed by atoms with Crippen LogP contribution in [-0.4, -0.2) is 124 Å². The van der Waals surface area contributed by atoms with Crippen LogP contribution in [0.1, 0.15) is 381 Å². The van der Waals surface area contributed by atoms with Crippen LogP contribution in [0, 0.1) is 0 Å². The van der Waals surface area contributed by atoms with Crippen molar-refractivity contribution >= 4 is 54.5 Å². The maximum atomic E-state index is 15.0. The third-order valence-corrected chi connectivity index (χ3v) is 29.0. The molecule has 2 aliphatic heterocycles. The third kappa shape index (κ3) is 37.7. The topological polar surface area (TPSA) is 215 Å². The van der Waals surface area contributed by atoms with Gasteiger partial charge in [0.1, 0.15) is 12.2 Å². The van der Waals surface area contributed by atoms with Crippen LogP contribution in [0.5, 0.6) is 0 Å². The van der Waals surface area contributed by atoms with Gasteiger partial charge in [0.15, 0.2) is 49.2 Å². The number of esters is 6. The molecule has 0 aromatic heterocycles. The second-order valence-electron chi connectivity index (χ2n) is 35.1. The zero-order valence-corrected chi connectivity index (χ0v) is 76.0. The number of carbonyl (C=O) groups is 6. The van der Waals surface area contributed by atoms with Crippen molar-refractivity contribution in [2.24, 2.45) is 0 Å². The lowest BCUT2D eigenvalue weighted by molar-refractivity contribution is -0.326. The number of ether oxygens (including phenoxy) is 9. The van der Waals surface area contributed by atoms with Crippen molar-refractivity contribution in [2.75, 3.05) is 13.2 Å². The van der Waals surface area contributed by atoms with Gasteiger partial charge in [-0.15, -0.1) is 0 Å². The van der Waals surface area contributed by atoms with Crippen molar-refractivity contribution < 1.29 is 80.9 Å². The quantitative estimate of drug-likeness (QED) is 0.0166. The van der Waals surface area contributed by atoms with E-state index in [1.165, 1.54) is 193 Å². The van der Waals surface area contributed by atoms with E-state index < -0.39 is 117 Å². The first-order chi connectivity index (χ1) is 59.1. The minimum Gasteiger partial charge on any atom is -0.455 e. The number of unbranched alkanes of at least 4 members (excludes halogenated alkanes) is 42. The first-order valence-electron chi connectivity index (χ1n) is 47.8. The Morgan fingerprint density at radius 1 is 0.298 bits per heavy atom. The standard InChI is InChI=1S/C103H154O17Si/c1-7-10-13-16-19-22-25-28-31-34-37-40-43-46-64-77-89(104)115-92-87(113-101(110)96(117-91(106)79-66-48-45-42-39-36-33-30-27-24-21-18-15-12-9-3)94(92)116-90(105)78-65-47-44-41-38-35-32-29-26-23-20-17-14-11-8-2)80-111-102-97(120-100(109)84-71-58-51-59-72-84)95(119-99(108)83-69-56-50-57-70-83)93(118-98(107)82-67-54-49-55-68-82)88(114-102)81-112-121(103(4,5)6,85-73-60-52-61-74-85)86-75-62-53-63-76-86/h49-63,67-76,87-88,92-97,101-102,110H,7-48,64-66,77-81H2,1-6H3/t87-,88-,92-,93-,94+,95+,96-,97-,101+,102-/m1/s1. The number of hydrogen-bond donors (Lipinski definition) is 1. The zero-order chi connectivity index (χ0) is 86.2. The Hall–Kier alpha value is -7.06. The Kier molecular flexibility index (Phi) is 50.5. The second-order valence-corrected chi connectivity index (χ2v) is 39.4. The van der Waals surface area contributed by atoms with Crippen LogP contribution < -0.4 is 10.4 Å². The molecule has 0 bridgehead atoms. The van der Waals surface area contributed by atoms with Gasteiger partial charge in [-0.3, -0.25) is 14.4 Å². The SMILES string of the molecule is CCCCCCCCCCCCCCCCCC(=O)O[C@@H]1[C@@H](OC(=O)CCCCCCCCCCCCCCCCC)[C@@H](O)O[C@H](CO[C@@H]2O[C@H](CO[Si](c3ccccc3)(c3ccccc3)C(C)(C)C)[C@@H](OC(=O)c3ccccc3)[C@H](OC(=O)c3ccccc3)[C@H]2OC(=O)c2ccccc2)[C@H]1OC(=O)CCCCCCCCCCCCCCCCC. The molecule has 0 radical (unpaired) electrons. The average molecular weight is 1690 g/mol. The molecule has 17 nitrogen and oxygen atoms in total. The summed E-state index contributed by atoms with van der Waals surface area (Å²) < 4.78 is 67.4. The highest BCUT2D eigenvalue weighted by molar-refractivity contribution is 6.99. The lowest BCUT2D eigenvalue weighted by Gasteiger charge is -2.48. The van der Waals surface area contributed by atoms with Gasteiger partial charge in [0.05, 0.1) is 29.9 Å². The first kappa shape index (κ1) is 101. The molecule has 0 saturated carbocycles. The molecule has 5 aromatic carbocycles. The summed E-state index contributed by atoms with van der Waals surface area (Å²) in [5.41, 5.74) is 0.390. The smallest absolute Gasteiger partial charge is 0.338 e. The van der Waals surface area contributed by atoms with Crippen LogP contribution in [0.2, 0.25) is 5.04 Å². The van der Waals surface area contributed by atoms with Gasteiger partial charge in [0.25, 0.3) is 8.32 Å². The summed E-state index contributed by atoms with van der Waals surface area (Å²) in [4.78, 5) is 88.6. The summed E-state index contributed by atoms with van der Waals surface area (Å²) in [5, 5.41) is 13.8. The molecule has 2 fully saturated rings. The Balaban J connectivity index is 1.21. The van der Waals surface area contributed by atoms with Crippen molar-refractivity contribution in [3.05, 3.63) is 168 Å². The second kappa shape index (κ2) is 60.5. The first-order valence-corrected chi connectivity index (χ1v) is 49.7. The molecule has 2 aliphatic rings. The van der Waals surface area contributed by atoms with Gasteiger partial charge < -0.3 is 52.2 Å². The Labute approximate surface area is 729 Å². The highest BCUT2D eigenvalue weighted by atomic mass is 28.4. The van der Waals surface area contributed by atoms with E-state index in [1.54, 1.807) is 91.0 Å². The minimum atomic E-state index is -3.51. The Morgan fingerprint density at radius 3 is 0.860 bits per heavy atom. The predicted octanol–water partition coefficient (Wildman–Crippen LogP) is 24.2. The van der Waals surface area contributed by atoms with E-state index in [4.69, 9.17) is 47.1 Å². The lowest BCUT2D eigenvalue weighted by atomic mass is 9.96. The molecule has 2 saturated heterocycles. The van der Waals surface area contributed by atoms with Gasteiger partial charge >= 0.3 is 35.8 Å². The van der Waals surface area contributed by atoms with E-state index in [1.807, 2.05) is 60.7 Å². The summed E-state index contributed by atoms with van der Waals surface area (Å²) in [6.07, 6.45) is 34.7. The van der Waals surface area contributed by atoms with Gasteiger partial charge in [0.2, 0.25) is 0 Å². The van der Waals surface area contributed by atoms with Gasteiger partial charge in [-0.25, -0.2) is 14.4 Å². The molecule has 672 valence electrons. The van der Waals surface area contributed by atoms with Crippen molar-refractivity contribution in [3.63, 3.8) is 0 Å². The monoisotopic (exact) mass is 1690 g/mol. The summed E-state index contributed by atoms with van der Waals surface area (Å²) in [5.74, 6) is -4.51. The van der Waals surface area contributed by atoms with Gasteiger partial charge in [0, 0.05) is 19.3 Å². The molecule has 121 heavy (non-hydrogen) atoms. The molecule has 0 amide bonds. The van der Waals surface area contributed by atoms with E-state index in [-0.39, 0.29) is 42.6 Å². The molecular formula is C103H154O17Si. The fraction of sp³-hybridized carbons (Fsp3) is 0.650. The van der Waals surface area contributed by atoms with Crippen molar-refractivity contribution in [2.45, 2.75) is 416 Å². The summed E-state index contributed by atoms with van der Waals surface area (Å²) in [6, 6.07) is 44.6. The predicted molar refractivity (Wildman–Crippen MR) is 484 cm³/mol. The summed E-state index contributed by atoms with van der Waals surface area (Å²) in [6.45, 7) is 12.1. The number of benzene rings is 5. The Morgan fingerprint density at radius 2 is 0.545 bits per heavy atom. The normalized spacial score (nSPS) is 19.2. The van der Waals surface area contributed by atoms with Crippen LogP contribution >= 0.6 is 0 Å². The van der Waals surface area contributed by atoms with E-state index in [0.29, 0.717) is 19.3 Å². The molecular weight excluding hydrogens is 1540 g/mol. The van der Waals surface area contributed by atoms with Gasteiger partial charge in [-0.2, -0.15) is 0 Å². The van der Waals surface area contributed by atoms with Gasteiger partial charge in [-0.1, -0.05) is 426 Å². The molecule has 10 atom stereocenters.